The standard InChI is InChI=1S/C8H7ClN4O2/c1-2-15-7(14)5-3-4-6(10-5)11-8(9)13-12-4/h3H,2H2,1H3,(H,10,11,13). The lowest BCUT2D eigenvalue weighted by Crippen LogP contribution is -2.04. The van der Waals surface area contributed by atoms with Gasteiger partial charge in [-0.1, -0.05) is 0 Å². The Morgan fingerprint density at radius 1 is 1.60 bits per heavy atom. The zero-order valence-corrected chi connectivity index (χ0v) is 8.58. The molecule has 0 saturated heterocycles. The van der Waals surface area contributed by atoms with Crippen LogP contribution >= 0.6 is 11.6 Å². The van der Waals surface area contributed by atoms with Gasteiger partial charge >= 0.3 is 5.97 Å². The van der Waals surface area contributed by atoms with Crippen molar-refractivity contribution in [1.29, 1.82) is 0 Å². The van der Waals surface area contributed by atoms with Crippen LogP contribution in [-0.4, -0.2) is 32.7 Å². The topological polar surface area (TPSA) is 80.8 Å². The van der Waals surface area contributed by atoms with Gasteiger partial charge in [-0.3, -0.25) is 0 Å². The molecular formula is C8H7ClN4O2. The number of nitrogens with one attached hydrogen (secondary N) is 1. The number of hydrogen-bond donors (Lipinski definition) is 1. The number of hydrogen-bond acceptors (Lipinski definition) is 5. The van der Waals surface area contributed by atoms with Crippen molar-refractivity contribution in [2.24, 2.45) is 0 Å². The number of rotatable bonds is 2. The molecule has 0 aliphatic rings. The Balaban J connectivity index is 2.42. The van der Waals surface area contributed by atoms with E-state index in [2.05, 4.69) is 20.2 Å². The molecule has 0 saturated carbocycles. The van der Waals surface area contributed by atoms with E-state index >= 15 is 0 Å². The highest BCUT2D eigenvalue weighted by Crippen LogP contribution is 2.12. The maximum atomic E-state index is 11.3. The summed E-state index contributed by atoms with van der Waals surface area (Å²) in [6, 6.07) is 1.52. The zero-order valence-electron chi connectivity index (χ0n) is 7.82. The minimum Gasteiger partial charge on any atom is -0.461 e. The molecule has 0 atom stereocenters. The largest absolute Gasteiger partial charge is 0.461 e. The zero-order chi connectivity index (χ0) is 10.8. The van der Waals surface area contributed by atoms with Crippen molar-refractivity contribution in [3.63, 3.8) is 0 Å². The van der Waals surface area contributed by atoms with Crippen molar-refractivity contribution in [3.8, 4) is 0 Å². The summed E-state index contributed by atoms with van der Waals surface area (Å²) >= 11 is 5.55. The lowest BCUT2D eigenvalue weighted by molar-refractivity contribution is 0.0520. The van der Waals surface area contributed by atoms with Gasteiger partial charge in [0.25, 0.3) is 0 Å². The van der Waals surface area contributed by atoms with Crippen LogP contribution in [0.25, 0.3) is 11.2 Å². The van der Waals surface area contributed by atoms with Crippen LogP contribution in [0.15, 0.2) is 6.07 Å². The van der Waals surface area contributed by atoms with Crippen LogP contribution in [0.2, 0.25) is 5.28 Å². The molecule has 2 aromatic rings. The van der Waals surface area contributed by atoms with E-state index in [1.165, 1.54) is 6.07 Å². The van der Waals surface area contributed by atoms with Crippen LogP contribution in [0.3, 0.4) is 0 Å². The van der Waals surface area contributed by atoms with Gasteiger partial charge in [0.15, 0.2) is 5.65 Å². The monoisotopic (exact) mass is 226 g/mol. The molecule has 0 fully saturated rings. The summed E-state index contributed by atoms with van der Waals surface area (Å²) in [4.78, 5) is 18.0. The minimum atomic E-state index is -0.451. The van der Waals surface area contributed by atoms with Crippen molar-refractivity contribution in [3.05, 3.63) is 17.0 Å². The number of carbonyl (C=O) groups excluding carboxylic acids is 1. The number of fused-ring (bicyclic) bond motifs is 1. The van der Waals surface area contributed by atoms with Crippen molar-refractivity contribution < 1.29 is 9.53 Å². The molecule has 0 spiro atoms. The van der Waals surface area contributed by atoms with Gasteiger partial charge in [0.2, 0.25) is 5.28 Å². The SMILES string of the molecule is CCOC(=O)c1cc2nnc(Cl)nc2[nH]1. The molecule has 0 radical (unpaired) electrons. The molecule has 2 aromatic heterocycles. The number of halogens is 1. The molecule has 2 heterocycles. The number of H-pyrrole nitrogens is 1. The van der Waals surface area contributed by atoms with Crippen molar-refractivity contribution in [2.75, 3.05) is 6.61 Å². The molecular weight excluding hydrogens is 220 g/mol. The van der Waals surface area contributed by atoms with Crippen molar-refractivity contribution >= 4 is 28.7 Å². The highest BCUT2D eigenvalue weighted by Gasteiger charge is 2.12. The Bertz CT molecular complexity index is 510. The van der Waals surface area contributed by atoms with Gasteiger partial charge in [-0.05, 0) is 18.5 Å². The molecule has 78 valence electrons. The smallest absolute Gasteiger partial charge is 0.354 e. The van der Waals surface area contributed by atoms with Gasteiger partial charge in [0.05, 0.1) is 6.61 Å². The molecule has 7 heteroatoms. The second-order valence-corrected chi connectivity index (χ2v) is 3.06. The van der Waals surface area contributed by atoms with Crippen LogP contribution in [0.1, 0.15) is 17.4 Å². The van der Waals surface area contributed by atoms with E-state index in [4.69, 9.17) is 16.3 Å². The number of carbonyl (C=O) groups is 1. The van der Waals surface area contributed by atoms with Crippen LogP contribution < -0.4 is 0 Å². The fourth-order valence-corrected chi connectivity index (χ4v) is 1.25. The normalized spacial score (nSPS) is 10.5. The van der Waals surface area contributed by atoms with Crippen molar-refractivity contribution in [2.45, 2.75) is 6.92 Å². The maximum absolute atomic E-state index is 11.3. The van der Waals surface area contributed by atoms with Crippen LogP contribution in [-0.2, 0) is 4.74 Å². The summed E-state index contributed by atoms with van der Waals surface area (Å²) in [5, 5.41) is 7.35. The maximum Gasteiger partial charge on any atom is 0.354 e. The van der Waals surface area contributed by atoms with E-state index in [-0.39, 0.29) is 11.0 Å². The Morgan fingerprint density at radius 3 is 3.13 bits per heavy atom. The third-order valence-corrected chi connectivity index (χ3v) is 1.88. The number of nitrogens with zero attached hydrogens (tertiary/aromatic N) is 3. The van der Waals surface area contributed by atoms with Crippen LogP contribution in [0.4, 0.5) is 0 Å². The number of ether oxygens (including phenoxy) is 1. The number of aromatic amines is 1. The third kappa shape index (κ3) is 1.89. The van der Waals surface area contributed by atoms with Crippen LogP contribution in [0.5, 0.6) is 0 Å². The lowest BCUT2D eigenvalue weighted by Gasteiger charge is -1.96. The first-order valence-corrected chi connectivity index (χ1v) is 4.64. The predicted octanol–water partition coefficient (Wildman–Crippen LogP) is 1.18. The second-order valence-electron chi connectivity index (χ2n) is 2.72. The second kappa shape index (κ2) is 3.82. The summed E-state index contributed by atoms with van der Waals surface area (Å²) in [6.45, 7) is 2.05. The van der Waals surface area contributed by atoms with Gasteiger partial charge in [-0.2, -0.15) is 4.98 Å². The minimum absolute atomic E-state index is 0.0276. The van der Waals surface area contributed by atoms with Gasteiger partial charge in [-0.15, -0.1) is 10.2 Å². The highest BCUT2D eigenvalue weighted by molar-refractivity contribution is 6.28. The van der Waals surface area contributed by atoms with Gasteiger partial charge in [0, 0.05) is 6.07 Å². The Morgan fingerprint density at radius 2 is 2.40 bits per heavy atom. The summed E-state index contributed by atoms with van der Waals surface area (Å²) in [5.74, 6) is -0.451. The average Bonchev–Trinajstić information content (AvgIpc) is 2.60. The Labute approximate surface area is 89.6 Å². The molecule has 0 aliphatic heterocycles. The number of esters is 1. The van der Waals surface area contributed by atoms with Gasteiger partial charge in [0.1, 0.15) is 11.2 Å². The fraction of sp³-hybridized carbons (Fsp3) is 0.250. The van der Waals surface area contributed by atoms with E-state index < -0.39 is 5.97 Å². The van der Waals surface area contributed by atoms with Gasteiger partial charge in [-0.25, -0.2) is 4.79 Å². The van der Waals surface area contributed by atoms with Crippen LogP contribution in [0, 0.1) is 0 Å². The number of aromatic nitrogens is 4. The Kier molecular flexibility index (Phi) is 2.51. The molecule has 2 rings (SSSR count). The predicted molar refractivity (Wildman–Crippen MR) is 52.7 cm³/mol. The summed E-state index contributed by atoms with van der Waals surface area (Å²) in [5.41, 5.74) is 1.18. The van der Waals surface area contributed by atoms with E-state index in [0.717, 1.165) is 0 Å². The highest BCUT2D eigenvalue weighted by atomic mass is 35.5. The lowest BCUT2D eigenvalue weighted by atomic mass is 10.4. The van der Waals surface area contributed by atoms with E-state index in [9.17, 15) is 4.79 Å². The van der Waals surface area contributed by atoms with E-state index in [1.807, 2.05) is 0 Å². The van der Waals surface area contributed by atoms with Gasteiger partial charge < -0.3 is 9.72 Å². The summed E-state index contributed by atoms with van der Waals surface area (Å²) in [6.07, 6.45) is 0. The molecule has 15 heavy (non-hydrogen) atoms. The molecule has 0 amide bonds. The van der Waals surface area contributed by atoms with E-state index in [1.54, 1.807) is 6.92 Å². The first-order chi connectivity index (χ1) is 7.20. The molecule has 6 nitrogen and oxygen atoms in total. The summed E-state index contributed by atoms with van der Waals surface area (Å²) < 4.78 is 4.81. The third-order valence-electron chi connectivity index (χ3n) is 1.72. The van der Waals surface area contributed by atoms with Crippen molar-refractivity contribution in [1.82, 2.24) is 20.2 Å². The first kappa shape index (κ1) is 9.85. The molecule has 0 unspecified atom stereocenters. The quantitative estimate of drug-likeness (QED) is 0.778. The fourth-order valence-electron chi connectivity index (χ4n) is 1.12. The molecule has 0 bridgehead atoms. The molecule has 0 aromatic carbocycles. The summed E-state index contributed by atoms with van der Waals surface area (Å²) in [7, 11) is 0. The van der Waals surface area contributed by atoms with E-state index in [0.29, 0.717) is 17.8 Å². The Hall–Kier alpha value is -1.69. The molecule has 0 aliphatic carbocycles. The molecule has 1 N–H and O–H groups in total. The first-order valence-electron chi connectivity index (χ1n) is 4.26. The average molecular weight is 227 g/mol.